The third-order valence-corrected chi connectivity index (χ3v) is 4.19. The highest BCUT2D eigenvalue weighted by Crippen LogP contribution is 2.36. The molecule has 0 spiro atoms. The first kappa shape index (κ1) is 18.1. The second-order valence-corrected chi connectivity index (χ2v) is 5.98. The Balaban J connectivity index is 1.93. The van der Waals surface area contributed by atoms with Gasteiger partial charge in [-0.3, -0.25) is 0 Å². The minimum Gasteiger partial charge on any atom is -0.474 e. The molecule has 1 aliphatic heterocycles. The van der Waals surface area contributed by atoms with E-state index in [1.807, 2.05) is 6.07 Å². The number of rotatable bonds is 7. The van der Waals surface area contributed by atoms with Crippen LogP contribution in [0.1, 0.15) is 36.1 Å². The summed E-state index contributed by atoms with van der Waals surface area (Å²) in [4.78, 5) is 12.3. The maximum atomic E-state index is 12.3. The molecule has 2 aromatic carbocycles. The van der Waals surface area contributed by atoms with Gasteiger partial charge in [0.2, 0.25) is 12.9 Å². The highest BCUT2D eigenvalue weighted by Gasteiger charge is 2.27. The molecular weight excluding hydrogens is 336 g/mol. The highest BCUT2D eigenvalue weighted by atomic mass is 16.7. The molecule has 1 unspecified atom stereocenters. The molecule has 26 heavy (non-hydrogen) atoms. The molecule has 1 N–H and O–H groups in total. The molecular formula is C20H22O6. The first-order valence-corrected chi connectivity index (χ1v) is 8.53. The molecule has 6 heteroatoms. The molecule has 0 aliphatic carbocycles. The number of carbonyl (C=O) groups is 1. The SMILES string of the molecule is CCCc1cc(CO)ccc1OC(C(=O)OC)c1ccc2c(c1)OCO2. The number of aryl methyl sites for hydroxylation is 1. The van der Waals surface area contributed by atoms with E-state index in [0.29, 0.717) is 22.8 Å². The largest absolute Gasteiger partial charge is 0.474 e. The standard InChI is InChI=1S/C20H22O6/c1-3-4-14-9-13(11-21)5-7-16(14)26-19(20(22)23-2)15-6-8-17-18(10-15)25-12-24-17/h5-10,19,21H,3-4,11-12H2,1-2H3. The zero-order valence-corrected chi connectivity index (χ0v) is 14.9. The van der Waals surface area contributed by atoms with Crippen LogP contribution in [-0.2, 0) is 22.6 Å². The fourth-order valence-electron chi connectivity index (χ4n) is 2.87. The molecule has 2 aromatic rings. The van der Waals surface area contributed by atoms with Gasteiger partial charge in [-0.15, -0.1) is 0 Å². The van der Waals surface area contributed by atoms with Gasteiger partial charge in [-0.2, -0.15) is 0 Å². The van der Waals surface area contributed by atoms with Crippen molar-refractivity contribution in [1.82, 2.24) is 0 Å². The summed E-state index contributed by atoms with van der Waals surface area (Å²) in [6.45, 7) is 2.18. The third kappa shape index (κ3) is 3.75. The number of hydrogen-bond donors (Lipinski definition) is 1. The van der Waals surface area contributed by atoms with E-state index in [-0.39, 0.29) is 13.4 Å². The molecule has 0 fully saturated rings. The van der Waals surface area contributed by atoms with Crippen LogP contribution < -0.4 is 14.2 Å². The van der Waals surface area contributed by atoms with E-state index in [1.54, 1.807) is 30.3 Å². The van der Waals surface area contributed by atoms with Crippen LogP contribution in [0.4, 0.5) is 0 Å². The number of esters is 1. The number of aliphatic hydroxyl groups excluding tert-OH is 1. The average Bonchev–Trinajstić information content (AvgIpc) is 3.14. The molecule has 1 aliphatic rings. The molecule has 1 heterocycles. The Morgan fingerprint density at radius 3 is 2.73 bits per heavy atom. The first-order valence-electron chi connectivity index (χ1n) is 8.53. The Bertz CT molecular complexity index is 786. The Morgan fingerprint density at radius 1 is 1.19 bits per heavy atom. The van der Waals surface area contributed by atoms with Crippen molar-refractivity contribution >= 4 is 5.97 Å². The number of carbonyl (C=O) groups excluding carboxylic acids is 1. The van der Waals surface area contributed by atoms with E-state index in [9.17, 15) is 9.90 Å². The Morgan fingerprint density at radius 2 is 2.00 bits per heavy atom. The van der Waals surface area contributed by atoms with Crippen molar-refractivity contribution in [3.05, 3.63) is 53.1 Å². The van der Waals surface area contributed by atoms with Gasteiger partial charge in [0.15, 0.2) is 11.5 Å². The number of fused-ring (bicyclic) bond motifs is 1. The van der Waals surface area contributed by atoms with Crippen LogP contribution in [0, 0.1) is 0 Å². The first-order chi connectivity index (χ1) is 12.7. The third-order valence-electron chi connectivity index (χ3n) is 4.19. The number of ether oxygens (including phenoxy) is 4. The van der Waals surface area contributed by atoms with Crippen molar-refractivity contribution in [1.29, 1.82) is 0 Å². The van der Waals surface area contributed by atoms with Gasteiger partial charge in [-0.1, -0.05) is 25.5 Å². The lowest BCUT2D eigenvalue weighted by molar-refractivity contribution is -0.149. The fourth-order valence-corrected chi connectivity index (χ4v) is 2.87. The van der Waals surface area contributed by atoms with Crippen molar-refractivity contribution < 1.29 is 28.8 Å². The van der Waals surface area contributed by atoms with Crippen molar-refractivity contribution in [2.24, 2.45) is 0 Å². The summed E-state index contributed by atoms with van der Waals surface area (Å²) in [7, 11) is 1.33. The number of aliphatic hydroxyl groups is 1. The van der Waals surface area contributed by atoms with Gasteiger partial charge in [-0.05, 0) is 41.8 Å². The molecule has 0 radical (unpaired) electrons. The summed E-state index contributed by atoms with van der Waals surface area (Å²) in [5.41, 5.74) is 2.36. The predicted molar refractivity (Wildman–Crippen MR) is 94.3 cm³/mol. The highest BCUT2D eigenvalue weighted by molar-refractivity contribution is 5.77. The number of methoxy groups -OCH3 is 1. The topological polar surface area (TPSA) is 74.2 Å². The summed E-state index contributed by atoms with van der Waals surface area (Å²) in [6.07, 6.45) is 0.765. The summed E-state index contributed by atoms with van der Waals surface area (Å²) in [5, 5.41) is 9.36. The van der Waals surface area contributed by atoms with Crippen LogP contribution in [-0.4, -0.2) is 25.0 Å². The molecule has 0 bridgehead atoms. The van der Waals surface area contributed by atoms with E-state index in [2.05, 4.69) is 6.92 Å². The van der Waals surface area contributed by atoms with Crippen LogP contribution in [0.15, 0.2) is 36.4 Å². The quantitative estimate of drug-likeness (QED) is 0.767. The van der Waals surface area contributed by atoms with Crippen LogP contribution in [0.3, 0.4) is 0 Å². The molecule has 138 valence electrons. The van der Waals surface area contributed by atoms with Crippen LogP contribution in [0.5, 0.6) is 17.2 Å². The Kier molecular flexibility index (Phi) is 5.63. The van der Waals surface area contributed by atoms with Crippen LogP contribution >= 0.6 is 0 Å². The summed E-state index contributed by atoms with van der Waals surface area (Å²) in [6, 6.07) is 10.7. The van der Waals surface area contributed by atoms with Crippen molar-refractivity contribution in [3.63, 3.8) is 0 Å². The molecule has 6 nitrogen and oxygen atoms in total. The molecule has 1 atom stereocenters. The summed E-state index contributed by atoms with van der Waals surface area (Å²) < 4.78 is 21.7. The van der Waals surface area contributed by atoms with E-state index in [0.717, 1.165) is 24.0 Å². The number of benzene rings is 2. The molecule has 0 saturated carbocycles. The van der Waals surface area contributed by atoms with E-state index >= 15 is 0 Å². The lowest BCUT2D eigenvalue weighted by atomic mass is 10.0. The number of hydrogen-bond acceptors (Lipinski definition) is 6. The maximum absolute atomic E-state index is 12.3. The van der Waals surface area contributed by atoms with Crippen molar-refractivity contribution in [2.45, 2.75) is 32.5 Å². The minimum atomic E-state index is -0.926. The van der Waals surface area contributed by atoms with Gasteiger partial charge in [0, 0.05) is 5.56 Å². The van der Waals surface area contributed by atoms with Gasteiger partial charge in [0.25, 0.3) is 0 Å². The molecule has 3 rings (SSSR count). The van der Waals surface area contributed by atoms with E-state index < -0.39 is 12.1 Å². The summed E-state index contributed by atoms with van der Waals surface area (Å²) >= 11 is 0. The predicted octanol–water partition coefficient (Wildman–Crippen LogP) is 3.15. The van der Waals surface area contributed by atoms with Crippen LogP contribution in [0.2, 0.25) is 0 Å². The normalized spacial score (nSPS) is 13.3. The lowest BCUT2D eigenvalue weighted by Crippen LogP contribution is -2.21. The van der Waals surface area contributed by atoms with E-state index in [4.69, 9.17) is 18.9 Å². The van der Waals surface area contributed by atoms with Crippen LogP contribution in [0.25, 0.3) is 0 Å². The van der Waals surface area contributed by atoms with Gasteiger partial charge >= 0.3 is 5.97 Å². The molecule has 0 amide bonds. The zero-order valence-electron chi connectivity index (χ0n) is 14.9. The average molecular weight is 358 g/mol. The van der Waals surface area contributed by atoms with Gasteiger partial charge in [0.05, 0.1) is 13.7 Å². The second kappa shape index (κ2) is 8.10. The Hall–Kier alpha value is -2.73. The fraction of sp³-hybridized carbons (Fsp3) is 0.350. The lowest BCUT2D eigenvalue weighted by Gasteiger charge is -2.20. The summed E-state index contributed by atoms with van der Waals surface area (Å²) in [5.74, 6) is 1.30. The maximum Gasteiger partial charge on any atom is 0.351 e. The Labute approximate surface area is 152 Å². The van der Waals surface area contributed by atoms with Gasteiger partial charge in [0.1, 0.15) is 5.75 Å². The second-order valence-electron chi connectivity index (χ2n) is 5.98. The smallest absolute Gasteiger partial charge is 0.351 e. The molecule has 0 saturated heterocycles. The van der Waals surface area contributed by atoms with Gasteiger partial charge in [-0.25, -0.2) is 4.79 Å². The molecule has 0 aromatic heterocycles. The monoisotopic (exact) mass is 358 g/mol. The van der Waals surface area contributed by atoms with E-state index in [1.165, 1.54) is 7.11 Å². The van der Waals surface area contributed by atoms with Crippen molar-refractivity contribution in [3.8, 4) is 17.2 Å². The zero-order chi connectivity index (χ0) is 18.5. The van der Waals surface area contributed by atoms with Crippen molar-refractivity contribution in [2.75, 3.05) is 13.9 Å². The van der Waals surface area contributed by atoms with Gasteiger partial charge < -0.3 is 24.1 Å². The minimum absolute atomic E-state index is 0.0421.